The second kappa shape index (κ2) is 6.08. The number of para-hydroxylation sites is 1. The van der Waals surface area contributed by atoms with E-state index in [0.29, 0.717) is 10.8 Å². The summed E-state index contributed by atoms with van der Waals surface area (Å²) in [6.07, 6.45) is 3.90. The molecule has 1 aliphatic heterocycles. The minimum atomic E-state index is 0.632. The van der Waals surface area contributed by atoms with Crippen LogP contribution in [0.1, 0.15) is 19.3 Å². The topological polar surface area (TPSA) is 12.5 Å². The fourth-order valence-corrected chi connectivity index (χ4v) is 2.26. The van der Waals surface area contributed by atoms with Crippen LogP contribution in [0.2, 0.25) is 5.02 Å². The Kier molecular flexibility index (Phi) is 4.46. The molecule has 0 bridgehead atoms. The lowest BCUT2D eigenvalue weighted by Gasteiger charge is -2.26. The molecule has 0 N–H and O–H groups in total. The molecule has 0 spiro atoms. The number of nitrogens with zero attached hydrogens (tertiary/aromatic N) is 1. The zero-order valence-corrected chi connectivity index (χ0v) is 10.7. The summed E-state index contributed by atoms with van der Waals surface area (Å²) < 4.78 is 5.68. The Morgan fingerprint density at radius 2 is 1.94 bits per heavy atom. The van der Waals surface area contributed by atoms with Gasteiger partial charge in [-0.05, 0) is 38.1 Å². The average molecular weight is 252 g/mol. The highest BCUT2D eigenvalue weighted by molar-refractivity contribution is 6.32. The number of piperidine rings is 1. The van der Waals surface area contributed by atoms with Crippen LogP contribution in [0.25, 0.3) is 0 Å². The highest BCUT2D eigenvalue weighted by atomic mass is 35.5. The Labute approximate surface area is 108 Å². The molecule has 0 unspecified atom stereocenters. The standard InChI is InChI=1S/C14H18ClNO/c1-12(11-16-9-5-2-6-10-16)17-14-8-4-3-7-13(14)15/h3-4,7-8H,1-2,5-6,9-11H2. The third-order valence-electron chi connectivity index (χ3n) is 2.94. The summed E-state index contributed by atoms with van der Waals surface area (Å²) in [6, 6.07) is 7.49. The van der Waals surface area contributed by atoms with Gasteiger partial charge in [0.25, 0.3) is 0 Å². The molecule has 0 saturated carbocycles. The first kappa shape index (κ1) is 12.5. The van der Waals surface area contributed by atoms with E-state index in [2.05, 4.69) is 11.5 Å². The van der Waals surface area contributed by atoms with E-state index in [0.717, 1.165) is 25.4 Å². The van der Waals surface area contributed by atoms with E-state index in [-0.39, 0.29) is 0 Å². The molecule has 0 aromatic heterocycles. The molecule has 0 atom stereocenters. The lowest BCUT2D eigenvalue weighted by molar-refractivity contribution is 0.220. The molecule has 0 amide bonds. The van der Waals surface area contributed by atoms with Crippen LogP contribution in [0.5, 0.6) is 5.75 Å². The molecule has 92 valence electrons. The lowest BCUT2D eigenvalue weighted by Crippen LogP contribution is -2.32. The van der Waals surface area contributed by atoms with Gasteiger partial charge < -0.3 is 4.74 Å². The molecule has 0 aliphatic carbocycles. The minimum absolute atomic E-state index is 0.632. The normalized spacial score (nSPS) is 16.8. The fourth-order valence-electron chi connectivity index (χ4n) is 2.08. The van der Waals surface area contributed by atoms with E-state index in [1.54, 1.807) is 0 Å². The number of hydrogen-bond acceptors (Lipinski definition) is 2. The second-order valence-electron chi connectivity index (χ2n) is 4.41. The molecule has 2 nitrogen and oxygen atoms in total. The van der Waals surface area contributed by atoms with Gasteiger partial charge in [0.1, 0.15) is 11.5 Å². The van der Waals surface area contributed by atoms with E-state index in [4.69, 9.17) is 16.3 Å². The SMILES string of the molecule is C=C(CN1CCCCC1)Oc1ccccc1Cl. The van der Waals surface area contributed by atoms with Crippen LogP contribution in [0.4, 0.5) is 0 Å². The van der Waals surface area contributed by atoms with Crippen LogP contribution >= 0.6 is 11.6 Å². The number of likely N-dealkylation sites (tertiary alicyclic amines) is 1. The molecule has 0 radical (unpaired) electrons. The summed E-state index contributed by atoms with van der Waals surface area (Å²) in [7, 11) is 0. The predicted molar refractivity (Wildman–Crippen MR) is 71.5 cm³/mol. The van der Waals surface area contributed by atoms with Crippen molar-refractivity contribution < 1.29 is 4.74 Å². The van der Waals surface area contributed by atoms with E-state index in [1.165, 1.54) is 19.3 Å². The monoisotopic (exact) mass is 251 g/mol. The van der Waals surface area contributed by atoms with Crippen LogP contribution in [0.15, 0.2) is 36.6 Å². The molecule has 1 saturated heterocycles. The van der Waals surface area contributed by atoms with Crippen LogP contribution in [0, 0.1) is 0 Å². The van der Waals surface area contributed by atoms with Crippen LogP contribution in [-0.4, -0.2) is 24.5 Å². The van der Waals surface area contributed by atoms with Gasteiger partial charge in [-0.1, -0.05) is 36.7 Å². The molecule has 1 aromatic rings. The highest BCUT2D eigenvalue weighted by Gasteiger charge is 2.12. The largest absolute Gasteiger partial charge is 0.459 e. The Bertz CT molecular complexity index is 386. The van der Waals surface area contributed by atoms with E-state index in [1.807, 2.05) is 24.3 Å². The Hall–Kier alpha value is -0.990. The summed E-state index contributed by atoms with van der Waals surface area (Å²) in [5.74, 6) is 1.45. The zero-order valence-electron chi connectivity index (χ0n) is 9.99. The predicted octanol–water partition coefficient (Wildman–Crippen LogP) is 3.72. The first-order valence-corrected chi connectivity index (χ1v) is 6.46. The maximum atomic E-state index is 6.03. The lowest BCUT2D eigenvalue weighted by atomic mass is 10.1. The molecule has 2 rings (SSSR count). The van der Waals surface area contributed by atoms with E-state index >= 15 is 0 Å². The van der Waals surface area contributed by atoms with Gasteiger partial charge in [0.05, 0.1) is 11.6 Å². The van der Waals surface area contributed by atoms with Gasteiger partial charge in [-0.25, -0.2) is 0 Å². The third-order valence-corrected chi connectivity index (χ3v) is 3.25. The van der Waals surface area contributed by atoms with Gasteiger partial charge >= 0.3 is 0 Å². The maximum absolute atomic E-state index is 6.03. The maximum Gasteiger partial charge on any atom is 0.145 e. The molecular formula is C14H18ClNO. The van der Waals surface area contributed by atoms with Crippen molar-refractivity contribution in [3.63, 3.8) is 0 Å². The fraction of sp³-hybridized carbons (Fsp3) is 0.429. The Morgan fingerprint density at radius 3 is 2.65 bits per heavy atom. The van der Waals surface area contributed by atoms with Crippen molar-refractivity contribution in [2.45, 2.75) is 19.3 Å². The molecule has 1 fully saturated rings. The summed E-state index contributed by atoms with van der Waals surface area (Å²) in [6.45, 7) is 7.05. The van der Waals surface area contributed by atoms with Crippen molar-refractivity contribution in [3.8, 4) is 5.75 Å². The third kappa shape index (κ3) is 3.76. The summed E-state index contributed by atoms with van der Waals surface area (Å²) in [5, 5.41) is 0.632. The van der Waals surface area contributed by atoms with Crippen LogP contribution in [-0.2, 0) is 0 Å². The zero-order chi connectivity index (χ0) is 12.1. The van der Waals surface area contributed by atoms with Crippen LogP contribution in [0.3, 0.4) is 0 Å². The quantitative estimate of drug-likeness (QED) is 0.757. The molecule has 17 heavy (non-hydrogen) atoms. The number of benzene rings is 1. The van der Waals surface area contributed by atoms with E-state index in [9.17, 15) is 0 Å². The second-order valence-corrected chi connectivity index (χ2v) is 4.82. The van der Waals surface area contributed by atoms with Crippen molar-refractivity contribution in [2.24, 2.45) is 0 Å². The summed E-state index contributed by atoms with van der Waals surface area (Å²) in [5.41, 5.74) is 0. The highest BCUT2D eigenvalue weighted by Crippen LogP contribution is 2.25. The molecule has 3 heteroatoms. The smallest absolute Gasteiger partial charge is 0.145 e. The average Bonchev–Trinajstić information content (AvgIpc) is 2.33. The van der Waals surface area contributed by atoms with E-state index < -0.39 is 0 Å². The van der Waals surface area contributed by atoms with Crippen LogP contribution < -0.4 is 4.74 Å². The van der Waals surface area contributed by atoms with Crippen molar-refractivity contribution in [2.75, 3.05) is 19.6 Å². The van der Waals surface area contributed by atoms with Crippen molar-refractivity contribution in [1.29, 1.82) is 0 Å². The van der Waals surface area contributed by atoms with Gasteiger partial charge in [0.15, 0.2) is 0 Å². The van der Waals surface area contributed by atoms with Crippen molar-refractivity contribution in [3.05, 3.63) is 41.6 Å². The number of halogens is 1. The first-order valence-electron chi connectivity index (χ1n) is 6.08. The van der Waals surface area contributed by atoms with Gasteiger partial charge in [-0.15, -0.1) is 0 Å². The van der Waals surface area contributed by atoms with Gasteiger partial charge in [-0.3, -0.25) is 4.90 Å². The number of ether oxygens (including phenoxy) is 1. The Morgan fingerprint density at radius 1 is 1.24 bits per heavy atom. The van der Waals surface area contributed by atoms with Gasteiger partial charge in [-0.2, -0.15) is 0 Å². The first-order chi connectivity index (χ1) is 8.25. The molecule has 1 aliphatic rings. The summed E-state index contributed by atoms with van der Waals surface area (Å²) in [4.78, 5) is 2.38. The van der Waals surface area contributed by atoms with Gasteiger partial charge in [0.2, 0.25) is 0 Å². The molecule has 1 heterocycles. The minimum Gasteiger partial charge on any atom is -0.459 e. The van der Waals surface area contributed by atoms with Gasteiger partial charge in [0, 0.05) is 0 Å². The van der Waals surface area contributed by atoms with Crippen molar-refractivity contribution >= 4 is 11.6 Å². The molecular weight excluding hydrogens is 234 g/mol. The van der Waals surface area contributed by atoms with Crippen molar-refractivity contribution in [1.82, 2.24) is 4.90 Å². The summed E-state index contributed by atoms with van der Waals surface area (Å²) >= 11 is 6.03. The number of hydrogen-bond donors (Lipinski definition) is 0. The molecule has 1 aromatic carbocycles. The number of rotatable bonds is 4. The Balaban J connectivity index is 1.86.